The van der Waals surface area contributed by atoms with E-state index in [-0.39, 0.29) is 18.1 Å². The maximum absolute atomic E-state index is 11.2. The number of sulfone groups is 1. The summed E-state index contributed by atoms with van der Waals surface area (Å²) in [5.74, 6) is -0.00539. The number of nitrogens with zero attached hydrogens (tertiary/aromatic N) is 1. The van der Waals surface area contributed by atoms with Crippen LogP contribution in [0.2, 0.25) is 0 Å². The van der Waals surface area contributed by atoms with Gasteiger partial charge >= 0.3 is 0 Å². The van der Waals surface area contributed by atoms with E-state index >= 15 is 0 Å². The average Bonchev–Trinajstić information content (AvgIpc) is 2.00. The van der Waals surface area contributed by atoms with Crippen molar-refractivity contribution in [2.45, 2.75) is 12.8 Å². The fraction of sp³-hybridized carbons (Fsp3) is 0.889. The van der Waals surface area contributed by atoms with Crippen molar-refractivity contribution in [3.8, 4) is 0 Å². The molecular weight excluding hydrogens is 216 g/mol. The second-order valence-corrected chi connectivity index (χ2v) is 6.15. The molecule has 1 N–H and O–H groups in total. The first-order valence-electron chi connectivity index (χ1n) is 4.90. The van der Waals surface area contributed by atoms with Crippen molar-refractivity contribution in [3.05, 3.63) is 0 Å². The van der Waals surface area contributed by atoms with Crippen molar-refractivity contribution in [3.63, 3.8) is 0 Å². The van der Waals surface area contributed by atoms with Crippen LogP contribution in [-0.4, -0.2) is 58.4 Å². The molecule has 0 radical (unpaired) electrons. The average molecular weight is 236 g/mol. The number of carbonyl (C=O) groups is 1. The van der Waals surface area contributed by atoms with Crippen molar-refractivity contribution in [1.29, 1.82) is 0 Å². The van der Waals surface area contributed by atoms with Gasteiger partial charge in [0.05, 0.1) is 5.75 Å². The number of amides is 1. The van der Waals surface area contributed by atoms with Crippen LogP contribution in [0, 0.1) is 0 Å². The van der Waals surface area contributed by atoms with Gasteiger partial charge in [-0.2, -0.15) is 0 Å². The van der Waals surface area contributed by atoms with Crippen LogP contribution in [0.5, 0.6) is 0 Å². The Morgan fingerprint density at radius 3 is 2.40 bits per heavy atom. The van der Waals surface area contributed by atoms with Crippen LogP contribution >= 0.6 is 0 Å². The highest BCUT2D eigenvalue weighted by Crippen LogP contribution is 1.93. The lowest BCUT2D eigenvalue weighted by atomic mass is 10.3. The first-order chi connectivity index (χ1) is 6.81. The molecule has 0 heterocycles. The first-order valence-corrected chi connectivity index (χ1v) is 6.96. The number of rotatable bonds is 7. The molecule has 0 rings (SSSR count). The Kier molecular flexibility index (Phi) is 6.51. The summed E-state index contributed by atoms with van der Waals surface area (Å²) in [7, 11) is 0.911. The summed E-state index contributed by atoms with van der Waals surface area (Å²) in [6, 6.07) is 0. The molecule has 15 heavy (non-hydrogen) atoms. The van der Waals surface area contributed by atoms with Crippen LogP contribution < -0.4 is 5.32 Å². The summed E-state index contributed by atoms with van der Waals surface area (Å²) in [5, 5.41) is 2.72. The fourth-order valence-corrected chi connectivity index (χ4v) is 1.67. The Labute approximate surface area is 91.8 Å². The molecule has 0 aromatic carbocycles. The molecule has 0 aromatic heterocycles. The van der Waals surface area contributed by atoms with Crippen LogP contribution in [0.3, 0.4) is 0 Å². The molecule has 0 saturated carbocycles. The van der Waals surface area contributed by atoms with E-state index in [0.29, 0.717) is 13.0 Å². The van der Waals surface area contributed by atoms with E-state index in [1.54, 1.807) is 0 Å². The molecule has 90 valence electrons. The summed E-state index contributed by atoms with van der Waals surface area (Å²) in [5.41, 5.74) is 0. The van der Waals surface area contributed by atoms with Crippen LogP contribution in [0.1, 0.15) is 12.8 Å². The third-order valence-electron chi connectivity index (χ3n) is 1.80. The molecule has 5 nitrogen and oxygen atoms in total. The number of carbonyl (C=O) groups excluding carboxylic acids is 1. The zero-order valence-electron chi connectivity index (χ0n) is 9.62. The predicted molar refractivity (Wildman–Crippen MR) is 60.5 cm³/mol. The van der Waals surface area contributed by atoms with Crippen molar-refractivity contribution in [2.24, 2.45) is 0 Å². The predicted octanol–water partition coefficient (Wildman–Crippen LogP) is -0.511. The fourth-order valence-electron chi connectivity index (χ4n) is 1.00. The number of nitrogens with one attached hydrogen (secondary N) is 1. The molecule has 6 heteroatoms. The van der Waals surface area contributed by atoms with E-state index in [4.69, 9.17) is 0 Å². The van der Waals surface area contributed by atoms with Crippen LogP contribution in [-0.2, 0) is 14.6 Å². The lowest BCUT2D eigenvalue weighted by molar-refractivity contribution is -0.121. The Balaban J connectivity index is 3.50. The van der Waals surface area contributed by atoms with E-state index in [0.717, 1.165) is 6.54 Å². The van der Waals surface area contributed by atoms with Gasteiger partial charge in [0.25, 0.3) is 0 Å². The molecule has 0 unspecified atom stereocenters. The Morgan fingerprint density at radius 2 is 1.93 bits per heavy atom. The molecule has 0 aliphatic heterocycles. The highest BCUT2D eigenvalue weighted by atomic mass is 32.2. The van der Waals surface area contributed by atoms with Gasteiger partial charge in [0.15, 0.2) is 0 Å². The second kappa shape index (κ2) is 6.79. The minimum absolute atomic E-state index is 0.0775. The van der Waals surface area contributed by atoms with E-state index in [1.807, 2.05) is 19.0 Å². The van der Waals surface area contributed by atoms with Gasteiger partial charge in [0.1, 0.15) is 9.84 Å². The lowest BCUT2D eigenvalue weighted by Crippen LogP contribution is -2.31. The molecule has 0 aliphatic rings. The van der Waals surface area contributed by atoms with Crippen molar-refractivity contribution < 1.29 is 13.2 Å². The second-order valence-electron chi connectivity index (χ2n) is 3.89. The van der Waals surface area contributed by atoms with Gasteiger partial charge in [-0.25, -0.2) is 8.42 Å². The molecule has 1 amide bonds. The van der Waals surface area contributed by atoms with Gasteiger partial charge in [0.2, 0.25) is 5.91 Å². The van der Waals surface area contributed by atoms with E-state index in [2.05, 4.69) is 5.32 Å². The minimum Gasteiger partial charge on any atom is -0.355 e. The maximum atomic E-state index is 11.2. The van der Waals surface area contributed by atoms with E-state index in [9.17, 15) is 13.2 Å². The van der Waals surface area contributed by atoms with Gasteiger partial charge in [-0.15, -0.1) is 0 Å². The highest BCUT2D eigenvalue weighted by Gasteiger charge is 2.05. The molecule has 0 fully saturated rings. The van der Waals surface area contributed by atoms with Gasteiger partial charge in [-0.05, 0) is 20.5 Å². The Morgan fingerprint density at radius 1 is 1.33 bits per heavy atom. The van der Waals surface area contributed by atoms with E-state index in [1.165, 1.54) is 6.26 Å². The summed E-state index contributed by atoms with van der Waals surface area (Å²) < 4.78 is 21.6. The van der Waals surface area contributed by atoms with Gasteiger partial charge in [-0.1, -0.05) is 0 Å². The standard InChI is InChI=1S/C9H20N2O3S/c1-11(2)7-6-10-9(12)5-4-8-15(3,13)14/h4-8H2,1-3H3,(H,10,12). The highest BCUT2D eigenvalue weighted by molar-refractivity contribution is 7.90. The molecular formula is C9H20N2O3S. The van der Waals surface area contributed by atoms with Gasteiger partial charge in [-0.3, -0.25) is 4.79 Å². The minimum atomic E-state index is -2.94. The smallest absolute Gasteiger partial charge is 0.220 e. The molecule has 0 bridgehead atoms. The SMILES string of the molecule is CN(C)CCNC(=O)CCCS(C)(=O)=O. The summed E-state index contributed by atoms with van der Waals surface area (Å²) >= 11 is 0. The first kappa shape index (κ1) is 14.4. The third-order valence-corrected chi connectivity index (χ3v) is 2.83. The summed E-state index contributed by atoms with van der Waals surface area (Å²) in [6.07, 6.45) is 1.85. The van der Waals surface area contributed by atoms with Crippen LogP contribution in [0.4, 0.5) is 0 Å². The Bertz CT molecular complexity index is 286. The third kappa shape index (κ3) is 11.3. The monoisotopic (exact) mass is 236 g/mol. The molecule has 0 spiro atoms. The van der Waals surface area contributed by atoms with E-state index < -0.39 is 9.84 Å². The van der Waals surface area contributed by atoms with Crippen molar-refractivity contribution in [1.82, 2.24) is 10.2 Å². The summed E-state index contributed by atoms with van der Waals surface area (Å²) in [6.45, 7) is 1.39. The van der Waals surface area contributed by atoms with Crippen LogP contribution in [0.25, 0.3) is 0 Å². The largest absolute Gasteiger partial charge is 0.355 e. The molecule has 0 saturated heterocycles. The molecule has 0 aliphatic carbocycles. The maximum Gasteiger partial charge on any atom is 0.220 e. The number of hydrogen-bond acceptors (Lipinski definition) is 4. The summed E-state index contributed by atoms with van der Waals surface area (Å²) in [4.78, 5) is 13.2. The normalized spacial score (nSPS) is 11.7. The topological polar surface area (TPSA) is 66.5 Å². The zero-order valence-corrected chi connectivity index (χ0v) is 10.4. The Hall–Kier alpha value is -0.620. The lowest BCUT2D eigenvalue weighted by Gasteiger charge is -2.10. The van der Waals surface area contributed by atoms with Gasteiger partial charge in [0, 0.05) is 25.8 Å². The molecule has 0 aromatic rings. The quantitative estimate of drug-likeness (QED) is 0.646. The van der Waals surface area contributed by atoms with Crippen molar-refractivity contribution in [2.75, 3.05) is 39.2 Å². The van der Waals surface area contributed by atoms with Crippen molar-refractivity contribution >= 4 is 15.7 Å². The molecule has 0 atom stereocenters. The number of likely N-dealkylation sites (N-methyl/N-ethyl adjacent to an activating group) is 1. The van der Waals surface area contributed by atoms with Gasteiger partial charge < -0.3 is 10.2 Å². The zero-order chi connectivity index (χ0) is 11.9. The van der Waals surface area contributed by atoms with Crippen LogP contribution in [0.15, 0.2) is 0 Å². The number of hydrogen-bond donors (Lipinski definition) is 1.